The first-order valence-corrected chi connectivity index (χ1v) is 9.68. The van der Waals surface area contributed by atoms with Gasteiger partial charge in [0.1, 0.15) is 29.1 Å². The van der Waals surface area contributed by atoms with Crippen molar-refractivity contribution in [3.63, 3.8) is 0 Å². The van der Waals surface area contributed by atoms with Gasteiger partial charge in [0.05, 0.1) is 11.8 Å². The standard InChI is InChI=1S/C19H12F5N3O4.C2HF3O2/c20-13-2-1-7-25-17(13)16(26-18(29)10-3-6-15(28)27(30)9-10)12-5-4-11(8-14(12)21)31-19(22,23)24;3-2(4,5)1(6)7/h1-9,16,30H,(H,26,29);(H,6,7)/t16-;/m0./s1. The summed E-state index contributed by atoms with van der Waals surface area (Å²) in [5.41, 5.74) is -1.88. The zero-order valence-electron chi connectivity index (χ0n) is 18.2. The van der Waals surface area contributed by atoms with Gasteiger partial charge in [-0.15, -0.1) is 13.2 Å². The number of alkyl halides is 6. The van der Waals surface area contributed by atoms with Crippen LogP contribution in [0.4, 0.5) is 35.1 Å². The highest BCUT2D eigenvalue weighted by atomic mass is 19.4. The molecule has 0 fully saturated rings. The average molecular weight is 555 g/mol. The predicted octanol–water partition coefficient (Wildman–Crippen LogP) is 3.81. The zero-order valence-corrected chi connectivity index (χ0v) is 18.2. The van der Waals surface area contributed by atoms with Crippen molar-refractivity contribution in [1.29, 1.82) is 0 Å². The Morgan fingerprint density at radius 3 is 2.13 bits per heavy atom. The second-order valence-electron chi connectivity index (χ2n) is 6.91. The molecule has 2 aromatic heterocycles. The third-order valence-corrected chi connectivity index (χ3v) is 4.25. The molecule has 0 aliphatic heterocycles. The molecule has 9 nitrogen and oxygen atoms in total. The van der Waals surface area contributed by atoms with Gasteiger partial charge in [0.15, 0.2) is 0 Å². The Morgan fingerprint density at radius 1 is 1.00 bits per heavy atom. The van der Waals surface area contributed by atoms with Crippen LogP contribution in [0, 0.1) is 11.6 Å². The number of carboxylic acid groups (broad SMARTS) is 1. The number of hydrogen-bond acceptors (Lipinski definition) is 6. The molecule has 2 heterocycles. The Morgan fingerprint density at radius 2 is 1.63 bits per heavy atom. The zero-order chi connectivity index (χ0) is 28.8. The molecule has 3 aromatic rings. The van der Waals surface area contributed by atoms with E-state index in [9.17, 15) is 49.9 Å². The monoisotopic (exact) mass is 555 g/mol. The summed E-state index contributed by atoms with van der Waals surface area (Å²) < 4.78 is 102. The number of carbonyl (C=O) groups is 2. The number of rotatable bonds is 5. The predicted molar refractivity (Wildman–Crippen MR) is 108 cm³/mol. The highest BCUT2D eigenvalue weighted by Crippen LogP contribution is 2.30. The SMILES string of the molecule is O=C(N[C@@H](c1ccc(OC(F)(F)F)cc1F)c1ncccc1F)c1ccc(=O)n(O)c1.O=C(O)C(F)(F)F. The first-order valence-electron chi connectivity index (χ1n) is 9.68. The minimum atomic E-state index is -5.08. The lowest BCUT2D eigenvalue weighted by Gasteiger charge is -2.20. The van der Waals surface area contributed by atoms with Crippen molar-refractivity contribution in [1.82, 2.24) is 15.0 Å². The molecule has 17 heteroatoms. The molecule has 1 amide bonds. The molecule has 38 heavy (non-hydrogen) atoms. The van der Waals surface area contributed by atoms with E-state index in [0.29, 0.717) is 6.07 Å². The highest BCUT2D eigenvalue weighted by molar-refractivity contribution is 5.94. The van der Waals surface area contributed by atoms with E-state index >= 15 is 0 Å². The number of nitrogens with one attached hydrogen (secondary N) is 1. The minimum Gasteiger partial charge on any atom is -0.475 e. The van der Waals surface area contributed by atoms with E-state index in [1.165, 1.54) is 12.3 Å². The largest absolute Gasteiger partial charge is 0.573 e. The number of carbonyl (C=O) groups excluding carboxylic acids is 1. The first kappa shape index (κ1) is 29.5. The van der Waals surface area contributed by atoms with Gasteiger partial charge in [-0.2, -0.15) is 17.9 Å². The summed E-state index contributed by atoms with van der Waals surface area (Å²) in [4.78, 5) is 36.5. The normalized spacial score (nSPS) is 12.1. The van der Waals surface area contributed by atoms with Gasteiger partial charge in [-0.1, -0.05) is 0 Å². The summed E-state index contributed by atoms with van der Waals surface area (Å²) in [7, 11) is 0. The molecule has 0 unspecified atom stereocenters. The number of ether oxygens (including phenoxy) is 1. The Bertz CT molecular complexity index is 1370. The lowest BCUT2D eigenvalue weighted by Crippen LogP contribution is -2.32. The van der Waals surface area contributed by atoms with Crippen molar-refractivity contribution in [2.75, 3.05) is 0 Å². The summed E-state index contributed by atoms with van der Waals surface area (Å²) >= 11 is 0. The number of pyridine rings is 2. The Balaban J connectivity index is 0.000000638. The summed E-state index contributed by atoms with van der Waals surface area (Å²) in [6, 6.07) is 4.72. The number of aromatic nitrogens is 2. The smallest absolute Gasteiger partial charge is 0.475 e. The van der Waals surface area contributed by atoms with Gasteiger partial charge >= 0.3 is 18.5 Å². The number of benzene rings is 1. The lowest BCUT2D eigenvalue weighted by atomic mass is 10.0. The third-order valence-electron chi connectivity index (χ3n) is 4.25. The van der Waals surface area contributed by atoms with Crippen LogP contribution in [0.25, 0.3) is 0 Å². The molecule has 3 N–H and O–H groups in total. The number of nitrogens with zero attached hydrogens (tertiary/aromatic N) is 2. The molecular weight excluding hydrogens is 542 g/mol. The summed E-state index contributed by atoms with van der Waals surface area (Å²) in [6.07, 6.45) is -8.19. The van der Waals surface area contributed by atoms with Crippen molar-refractivity contribution in [2.24, 2.45) is 0 Å². The van der Waals surface area contributed by atoms with Crippen molar-refractivity contribution in [3.05, 3.63) is 93.7 Å². The van der Waals surface area contributed by atoms with Gasteiger partial charge in [0.25, 0.3) is 11.5 Å². The fourth-order valence-electron chi connectivity index (χ4n) is 2.67. The van der Waals surface area contributed by atoms with Gasteiger partial charge in [-0.3, -0.25) is 14.6 Å². The van der Waals surface area contributed by atoms with Gasteiger partial charge < -0.3 is 20.4 Å². The molecule has 0 bridgehead atoms. The van der Waals surface area contributed by atoms with E-state index in [-0.39, 0.29) is 10.3 Å². The van der Waals surface area contributed by atoms with Gasteiger partial charge in [0, 0.05) is 23.9 Å². The molecule has 0 aliphatic carbocycles. The van der Waals surface area contributed by atoms with E-state index < -0.39 is 64.7 Å². The van der Waals surface area contributed by atoms with E-state index in [1.807, 2.05) is 0 Å². The fraction of sp³-hybridized carbons (Fsp3) is 0.143. The minimum absolute atomic E-state index is 0.134. The van der Waals surface area contributed by atoms with Crippen LogP contribution in [0.2, 0.25) is 0 Å². The molecule has 0 radical (unpaired) electrons. The number of aliphatic carboxylic acids is 1. The summed E-state index contributed by atoms with van der Waals surface area (Å²) in [5.74, 6) is -6.72. The van der Waals surface area contributed by atoms with Crippen LogP contribution >= 0.6 is 0 Å². The van der Waals surface area contributed by atoms with Crippen molar-refractivity contribution >= 4 is 11.9 Å². The second kappa shape index (κ2) is 11.6. The van der Waals surface area contributed by atoms with E-state index in [1.54, 1.807) is 0 Å². The maximum atomic E-state index is 14.6. The molecule has 3 rings (SSSR count). The molecular formula is C21H13F8N3O6. The van der Waals surface area contributed by atoms with Crippen LogP contribution in [0.15, 0.2) is 59.7 Å². The summed E-state index contributed by atoms with van der Waals surface area (Å²) in [5, 5.41) is 18.8. The maximum absolute atomic E-state index is 14.6. The topological polar surface area (TPSA) is 131 Å². The van der Waals surface area contributed by atoms with Gasteiger partial charge in [-0.05, 0) is 30.3 Å². The Kier molecular flexibility index (Phi) is 8.99. The van der Waals surface area contributed by atoms with Crippen molar-refractivity contribution in [2.45, 2.75) is 18.6 Å². The van der Waals surface area contributed by atoms with E-state index in [0.717, 1.165) is 36.5 Å². The molecule has 0 spiro atoms. The van der Waals surface area contributed by atoms with Crippen molar-refractivity contribution in [3.8, 4) is 5.75 Å². The van der Waals surface area contributed by atoms with Crippen LogP contribution in [-0.2, 0) is 4.79 Å². The summed E-state index contributed by atoms with van der Waals surface area (Å²) in [6.45, 7) is 0. The Labute approximate surface area is 205 Å². The molecule has 204 valence electrons. The highest BCUT2D eigenvalue weighted by Gasteiger charge is 2.38. The molecule has 1 aromatic carbocycles. The van der Waals surface area contributed by atoms with Crippen LogP contribution in [-0.4, -0.2) is 44.4 Å². The van der Waals surface area contributed by atoms with Crippen LogP contribution in [0.1, 0.15) is 27.7 Å². The molecule has 1 atom stereocenters. The van der Waals surface area contributed by atoms with Crippen molar-refractivity contribution < 1.29 is 59.8 Å². The van der Waals surface area contributed by atoms with E-state index in [2.05, 4.69) is 15.0 Å². The van der Waals surface area contributed by atoms with Crippen LogP contribution < -0.4 is 15.6 Å². The second-order valence-corrected chi connectivity index (χ2v) is 6.91. The van der Waals surface area contributed by atoms with E-state index in [4.69, 9.17) is 9.90 Å². The third kappa shape index (κ3) is 8.17. The lowest BCUT2D eigenvalue weighted by molar-refractivity contribution is -0.274. The number of carboxylic acids is 1. The van der Waals surface area contributed by atoms with Gasteiger partial charge in [-0.25, -0.2) is 13.6 Å². The fourth-order valence-corrected chi connectivity index (χ4v) is 2.67. The maximum Gasteiger partial charge on any atom is 0.573 e. The van der Waals surface area contributed by atoms with Crippen LogP contribution in [0.3, 0.4) is 0 Å². The van der Waals surface area contributed by atoms with Gasteiger partial charge in [0.2, 0.25) is 0 Å². The number of amides is 1. The number of hydrogen-bond donors (Lipinski definition) is 3. The first-order chi connectivity index (χ1) is 17.5. The number of halogens is 8. The average Bonchev–Trinajstić information content (AvgIpc) is 2.79. The van der Waals surface area contributed by atoms with Crippen LogP contribution in [0.5, 0.6) is 5.75 Å². The molecule has 0 aliphatic rings. The molecule has 0 saturated heterocycles. The Hall–Kier alpha value is -4.70. The molecule has 0 saturated carbocycles. The quantitative estimate of drug-likeness (QED) is 0.323.